The summed E-state index contributed by atoms with van der Waals surface area (Å²) in [6, 6.07) is -5.51. The van der Waals surface area contributed by atoms with Crippen molar-refractivity contribution in [3.8, 4) is 0 Å². The molecule has 0 bridgehead atoms. The molecule has 11 N–H and O–H groups in total. The molecule has 360 valence electrons. The molecule has 0 aromatic carbocycles. The zero-order valence-corrected chi connectivity index (χ0v) is 37.2. The summed E-state index contributed by atoms with van der Waals surface area (Å²) in [6.07, 6.45) is 1.78. The molecule has 1 aliphatic carbocycles. The zero-order valence-electron chi connectivity index (χ0n) is 36.3. The molecule has 0 aromatic heterocycles. The van der Waals surface area contributed by atoms with Gasteiger partial charge in [0, 0.05) is 50.1 Å². The molecule has 0 spiro atoms. The van der Waals surface area contributed by atoms with Crippen molar-refractivity contribution in [1.29, 1.82) is 0 Å². The van der Waals surface area contributed by atoms with Gasteiger partial charge in [-0.2, -0.15) is 12.6 Å². The highest BCUT2D eigenvalue weighted by Gasteiger charge is 2.36. The number of ether oxygens (including phenoxy) is 6. The van der Waals surface area contributed by atoms with Crippen LogP contribution in [0.4, 0.5) is 0 Å². The third kappa shape index (κ3) is 24.9. The minimum Gasteiger partial charge on any atom is -0.481 e. The summed E-state index contributed by atoms with van der Waals surface area (Å²) in [6.45, 7) is 7.82. The number of nitrogens with one attached hydrogen (secondary N) is 5. The van der Waals surface area contributed by atoms with E-state index in [2.05, 4.69) is 39.2 Å². The standard InChI is InChI=1S/C39H67N7O16S/c1-4-25(5-2)62-30-20-24(39(56)61-6-3)19-27(35(30)41)44-33(49)9-11-57-13-15-59-17-18-60-16-14-58-12-10-42-31(47)7-8-32(48)43-22-26(40)36(52)45-28(21-34(50)51)37(53)46-29(23-63)38(54)55/h20,25-30,35,63H,4-19,21-23,40-41H2,1-3H3,(H,42,47)(H,43,48)(H,44,49)(H,45,52)(H,46,53)(H,50,51)(H,54,55)/t26-,27-,28-,29-,30?,35+/m0/s1. The first kappa shape index (κ1) is 56.6. The van der Waals surface area contributed by atoms with Crippen molar-refractivity contribution in [3.05, 3.63) is 11.6 Å². The third-order valence-electron chi connectivity index (χ3n) is 9.20. The summed E-state index contributed by atoms with van der Waals surface area (Å²) in [5.41, 5.74) is 12.6. The Kier molecular flexibility index (Phi) is 29.8. The highest BCUT2D eigenvalue weighted by molar-refractivity contribution is 7.80. The van der Waals surface area contributed by atoms with Gasteiger partial charge in [0.2, 0.25) is 29.5 Å². The van der Waals surface area contributed by atoms with Crippen LogP contribution in [-0.2, 0) is 66.8 Å². The molecular weight excluding hydrogens is 855 g/mol. The van der Waals surface area contributed by atoms with Gasteiger partial charge in [-0.05, 0) is 25.8 Å². The molecule has 0 aromatic rings. The fourth-order valence-corrected chi connectivity index (χ4v) is 5.89. The maximum absolute atomic E-state index is 12.7. The van der Waals surface area contributed by atoms with Crippen LogP contribution in [0, 0.1) is 0 Å². The largest absolute Gasteiger partial charge is 0.481 e. The molecule has 0 radical (unpaired) electrons. The van der Waals surface area contributed by atoms with Crippen LogP contribution in [0.2, 0.25) is 0 Å². The van der Waals surface area contributed by atoms with Crippen LogP contribution in [0.5, 0.6) is 0 Å². The van der Waals surface area contributed by atoms with Crippen LogP contribution in [0.1, 0.15) is 65.7 Å². The maximum atomic E-state index is 12.7. The van der Waals surface area contributed by atoms with Gasteiger partial charge < -0.3 is 76.7 Å². The molecule has 1 rings (SSSR count). The molecule has 24 heteroatoms. The lowest BCUT2D eigenvalue weighted by molar-refractivity contribution is -0.143. The summed E-state index contributed by atoms with van der Waals surface area (Å²) >= 11 is 3.81. The first-order valence-electron chi connectivity index (χ1n) is 20.9. The number of nitrogens with two attached hydrogens (primary N) is 2. The minimum atomic E-state index is -1.64. The Labute approximate surface area is 372 Å². The van der Waals surface area contributed by atoms with E-state index in [9.17, 15) is 38.4 Å². The quantitative estimate of drug-likeness (QED) is 0.0179. The van der Waals surface area contributed by atoms with Gasteiger partial charge >= 0.3 is 17.9 Å². The first-order valence-corrected chi connectivity index (χ1v) is 21.5. The second kappa shape index (κ2) is 33.1. The molecule has 1 aliphatic rings. The van der Waals surface area contributed by atoms with Crippen molar-refractivity contribution in [3.63, 3.8) is 0 Å². The molecule has 5 amide bonds. The van der Waals surface area contributed by atoms with E-state index >= 15 is 0 Å². The smallest absolute Gasteiger partial charge is 0.333 e. The normalized spacial score (nSPS) is 17.4. The number of esters is 1. The molecule has 1 unspecified atom stereocenters. The number of amides is 5. The number of carboxylic acids is 2. The van der Waals surface area contributed by atoms with Crippen molar-refractivity contribution in [2.75, 3.05) is 78.3 Å². The van der Waals surface area contributed by atoms with Crippen LogP contribution >= 0.6 is 12.6 Å². The van der Waals surface area contributed by atoms with E-state index in [1.807, 2.05) is 13.8 Å². The monoisotopic (exact) mass is 921 g/mol. The number of carboxylic acid groups (broad SMARTS) is 2. The lowest BCUT2D eigenvalue weighted by atomic mass is 9.88. The molecule has 0 fully saturated rings. The number of aliphatic carboxylic acids is 2. The Morgan fingerprint density at radius 1 is 0.762 bits per heavy atom. The van der Waals surface area contributed by atoms with Gasteiger partial charge in [-0.3, -0.25) is 28.8 Å². The lowest BCUT2D eigenvalue weighted by Crippen LogP contribution is -2.57. The number of thiol groups is 1. The molecule has 0 heterocycles. The van der Waals surface area contributed by atoms with Crippen molar-refractivity contribution < 1.29 is 77.0 Å². The molecular formula is C39H67N7O16S. The molecule has 6 atom stereocenters. The van der Waals surface area contributed by atoms with Crippen LogP contribution in [0.25, 0.3) is 0 Å². The minimum absolute atomic E-state index is 0.0318. The molecule has 0 saturated heterocycles. The average molecular weight is 922 g/mol. The van der Waals surface area contributed by atoms with Gasteiger partial charge in [-0.1, -0.05) is 13.8 Å². The van der Waals surface area contributed by atoms with Crippen LogP contribution in [0.3, 0.4) is 0 Å². The maximum Gasteiger partial charge on any atom is 0.333 e. The number of rotatable bonds is 35. The van der Waals surface area contributed by atoms with Gasteiger partial charge in [0.15, 0.2) is 0 Å². The average Bonchev–Trinajstić information content (AvgIpc) is 3.24. The summed E-state index contributed by atoms with van der Waals surface area (Å²) in [7, 11) is 0. The van der Waals surface area contributed by atoms with Crippen LogP contribution in [0.15, 0.2) is 11.6 Å². The van der Waals surface area contributed by atoms with E-state index in [1.165, 1.54) is 0 Å². The molecule has 23 nitrogen and oxygen atoms in total. The Balaban J connectivity index is 2.14. The number of hydrogen-bond acceptors (Lipinski definition) is 17. The second-order valence-electron chi connectivity index (χ2n) is 14.1. The Bertz CT molecular complexity index is 1490. The number of hydrogen-bond donors (Lipinski definition) is 10. The highest BCUT2D eigenvalue weighted by atomic mass is 32.1. The van der Waals surface area contributed by atoms with E-state index in [4.69, 9.17) is 50.1 Å². The Hall–Kier alpha value is -4.43. The SMILES string of the molecule is CCOC(=O)C1=CC(OC(CC)CC)[C@H](N)[C@@H](NC(=O)CCOCCOCCOCCOCCNC(=O)CCC(=O)NC[C@H](N)C(=O)N[C@@H](CC(=O)O)C(=O)N[C@@H](CS)C(=O)O)C1. The molecule has 63 heavy (non-hydrogen) atoms. The van der Waals surface area contributed by atoms with E-state index < -0.39 is 90.8 Å². The summed E-state index contributed by atoms with van der Waals surface area (Å²) in [5.74, 6) is -6.93. The van der Waals surface area contributed by atoms with E-state index in [1.54, 1.807) is 13.0 Å². The number of carbonyl (C=O) groups excluding carboxylic acids is 6. The highest BCUT2D eigenvalue weighted by Crippen LogP contribution is 2.24. The third-order valence-corrected chi connectivity index (χ3v) is 9.56. The first-order chi connectivity index (χ1) is 30.1. The van der Waals surface area contributed by atoms with Crippen molar-refractivity contribution in [1.82, 2.24) is 26.6 Å². The summed E-state index contributed by atoms with van der Waals surface area (Å²) in [4.78, 5) is 96.5. The van der Waals surface area contributed by atoms with Gasteiger partial charge in [-0.15, -0.1) is 0 Å². The van der Waals surface area contributed by atoms with Crippen LogP contribution < -0.4 is 38.1 Å². The van der Waals surface area contributed by atoms with Crippen molar-refractivity contribution in [2.24, 2.45) is 11.5 Å². The fraction of sp³-hybridized carbons (Fsp3) is 0.744. The van der Waals surface area contributed by atoms with Gasteiger partial charge in [-0.25, -0.2) is 9.59 Å². The predicted octanol–water partition coefficient (Wildman–Crippen LogP) is -2.48. The van der Waals surface area contributed by atoms with Gasteiger partial charge in [0.1, 0.15) is 18.1 Å². The topological polar surface area (TPSA) is 345 Å². The van der Waals surface area contributed by atoms with Crippen molar-refractivity contribution >= 4 is 60.1 Å². The van der Waals surface area contributed by atoms with Gasteiger partial charge in [0.25, 0.3) is 0 Å². The molecule has 0 saturated carbocycles. The second-order valence-corrected chi connectivity index (χ2v) is 14.5. The van der Waals surface area contributed by atoms with Gasteiger partial charge in [0.05, 0.1) is 90.2 Å². The van der Waals surface area contributed by atoms with E-state index in [0.717, 1.165) is 12.8 Å². The van der Waals surface area contributed by atoms with E-state index in [-0.39, 0.29) is 96.2 Å². The zero-order chi connectivity index (χ0) is 47.2. The molecule has 0 aliphatic heterocycles. The van der Waals surface area contributed by atoms with Crippen LogP contribution in [-0.4, -0.2) is 178 Å². The van der Waals surface area contributed by atoms with Crippen molar-refractivity contribution in [2.45, 2.75) is 108 Å². The predicted molar refractivity (Wildman–Crippen MR) is 227 cm³/mol. The number of carbonyl (C=O) groups is 8. The van der Waals surface area contributed by atoms with E-state index in [0.29, 0.717) is 18.8 Å². The lowest BCUT2D eigenvalue weighted by Gasteiger charge is -2.36. The Morgan fingerprint density at radius 3 is 1.86 bits per heavy atom. The summed E-state index contributed by atoms with van der Waals surface area (Å²) in [5, 5.41) is 30.2. The summed E-state index contributed by atoms with van der Waals surface area (Å²) < 4.78 is 33.2. The fourth-order valence-electron chi connectivity index (χ4n) is 5.64. The Morgan fingerprint density at radius 2 is 1.32 bits per heavy atom.